The second-order valence-electron chi connectivity index (χ2n) is 4.04. The van der Waals surface area contributed by atoms with E-state index in [1.165, 1.54) is 11.3 Å². The van der Waals surface area contributed by atoms with E-state index in [4.69, 9.17) is 5.11 Å². The molecule has 0 bridgehead atoms. The van der Waals surface area contributed by atoms with E-state index in [-0.39, 0.29) is 18.4 Å². The lowest BCUT2D eigenvalue weighted by atomic mass is 9.96. The zero-order chi connectivity index (χ0) is 13.0. The molecule has 1 aromatic rings. The highest BCUT2D eigenvalue weighted by molar-refractivity contribution is 9.11. The molecule has 0 aliphatic rings. The van der Waals surface area contributed by atoms with Crippen molar-refractivity contribution in [2.24, 2.45) is 11.8 Å². The molecule has 0 aliphatic heterocycles. The zero-order valence-corrected chi connectivity index (χ0v) is 12.0. The summed E-state index contributed by atoms with van der Waals surface area (Å²) in [6.45, 7) is 3.80. The van der Waals surface area contributed by atoms with Gasteiger partial charge in [0.15, 0.2) is 0 Å². The Hall–Kier alpha value is -0.880. The quantitative estimate of drug-likeness (QED) is 0.876. The highest BCUT2D eigenvalue weighted by atomic mass is 79.9. The van der Waals surface area contributed by atoms with Crippen LogP contribution in [0.15, 0.2) is 15.2 Å². The zero-order valence-electron chi connectivity index (χ0n) is 9.57. The number of hydrogen-bond donors (Lipinski definition) is 2. The molecule has 0 fully saturated rings. The molecular weight excluding hydrogens is 306 g/mol. The van der Waals surface area contributed by atoms with E-state index in [2.05, 4.69) is 21.2 Å². The lowest BCUT2D eigenvalue weighted by molar-refractivity contribution is -0.142. The fraction of sp³-hybridized carbons (Fsp3) is 0.455. The molecule has 6 heteroatoms. The average molecular weight is 320 g/mol. The SMILES string of the molecule is CC(C)C(CNC(=O)c1csc(Br)c1)C(=O)O. The molecule has 4 nitrogen and oxygen atoms in total. The molecule has 1 unspecified atom stereocenters. The number of carbonyl (C=O) groups excluding carboxylic acids is 1. The van der Waals surface area contributed by atoms with Gasteiger partial charge in [0.05, 0.1) is 15.3 Å². The van der Waals surface area contributed by atoms with Crippen LogP contribution in [0.1, 0.15) is 24.2 Å². The molecule has 94 valence electrons. The summed E-state index contributed by atoms with van der Waals surface area (Å²) in [6, 6.07) is 1.71. The molecule has 0 aromatic carbocycles. The topological polar surface area (TPSA) is 66.4 Å². The Morgan fingerprint density at radius 3 is 2.59 bits per heavy atom. The highest BCUT2D eigenvalue weighted by Crippen LogP contribution is 2.20. The van der Waals surface area contributed by atoms with Crippen LogP contribution in [0.25, 0.3) is 0 Å². The van der Waals surface area contributed by atoms with Gasteiger partial charge in [0, 0.05) is 11.9 Å². The van der Waals surface area contributed by atoms with Gasteiger partial charge in [-0.25, -0.2) is 0 Å². The lowest BCUT2D eigenvalue weighted by Crippen LogP contribution is -2.35. The average Bonchev–Trinajstić information content (AvgIpc) is 2.63. The van der Waals surface area contributed by atoms with E-state index in [0.717, 1.165) is 3.79 Å². The Kier molecular flexibility index (Phi) is 5.14. The fourth-order valence-electron chi connectivity index (χ4n) is 1.34. The molecule has 1 aromatic heterocycles. The van der Waals surface area contributed by atoms with E-state index < -0.39 is 11.9 Å². The molecule has 1 heterocycles. The van der Waals surface area contributed by atoms with E-state index in [1.54, 1.807) is 11.4 Å². The smallest absolute Gasteiger partial charge is 0.308 e. The van der Waals surface area contributed by atoms with Crippen molar-refractivity contribution in [2.75, 3.05) is 6.54 Å². The minimum Gasteiger partial charge on any atom is -0.481 e. The molecule has 0 aliphatic carbocycles. The van der Waals surface area contributed by atoms with Crippen LogP contribution in [0.5, 0.6) is 0 Å². The molecule has 0 spiro atoms. The van der Waals surface area contributed by atoms with Crippen LogP contribution < -0.4 is 5.32 Å². The third-order valence-corrected chi connectivity index (χ3v) is 3.94. The summed E-state index contributed by atoms with van der Waals surface area (Å²) < 4.78 is 0.876. The summed E-state index contributed by atoms with van der Waals surface area (Å²) in [5.74, 6) is -1.69. The van der Waals surface area contributed by atoms with Crippen molar-refractivity contribution in [3.05, 3.63) is 20.8 Å². The van der Waals surface area contributed by atoms with Gasteiger partial charge in [0.2, 0.25) is 0 Å². The Labute approximate surface area is 112 Å². The summed E-state index contributed by atoms with van der Waals surface area (Å²) in [6.07, 6.45) is 0. The predicted molar refractivity (Wildman–Crippen MR) is 70.3 cm³/mol. The number of carboxylic acids is 1. The molecule has 2 N–H and O–H groups in total. The normalized spacial score (nSPS) is 12.5. The minimum atomic E-state index is -0.883. The number of amides is 1. The second kappa shape index (κ2) is 6.16. The van der Waals surface area contributed by atoms with Gasteiger partial charge in [-0.1, -0.05) is 13.8 Å². The molecule has 0 saturated carbocycles. The Balaban J connectivity index is 2.55. The standard InChI is InChI=1S/C11H14BrNO3S/c1-6(2)8(11(15)16)4-13-10(14)7-3-9(12)17-5-7/h3,5-6,8H,4H2,1-2H3,(H,13,14)(H,15,16). The van der Waals surface area contributed by atoms with Crippen LogP contribution in [-0.4, -0.2) is 23.5 Å². The van der Waals surface area contributed by atoms with Gasteiger partial charge in [0.1, 0.15) is 0 Å². The van der Waals surface area contributed by atoms with Gasteiger partial charge in [-0.2, -0.15) is 0 Å². The number of halogens is 1. The van der Waals surface area contributed by atoms with Gasteiger partial charge < -0.3 is 10.4 Å². The summed E-state index contributed by atoms with van der Waals surface area (Å²) in [7, 11) is 0. The van der Waals surface area contributed by atoms with Crippen molar-refractivity contribution in [2.45, 2.75) is 13.8 Å². The summed E-state index contributed by atoms with van der Waals surface area (Å²) in [5, 5.41) is 13.3. The summed E-state index contributed by atoms with van der Waals surface area (Å²) in [5.41, 5.74) is 0.551. The Morgan fingerprint density at radius 1 is 1.53 bits per heavy atom. The van der Waals surface area contributed by atoms with Gasteiger partial charge in [-0.15, -0.1) is 11.3 Å². The van der Waals surface area contributed by atoms with Crippen molar-refractivity contribution in [1.82, 2.24) is 5.32 Å². The van der Waals surface area contributed by atoms with Crippen molar-refractivity contribution in [3.63, 3.8) is 0 Å². The van der Waals surface area contributed by atoms with Gasteiger partial charge in [-0.3, -0.25) is 9.59 Å². The van der Waals surface area contributed by atoms with Crippen LogP contribution in [0.4, 0.5) is 0 Å². The lowest BCUT2D eigenvalue weighted by Gasteiger charge is -2.16. The number of thiophene rings is 1. The highest BCUT2D eigenvalue weighted by Gasteiger charge is 2.22. The van der Waals surface area contributed by atoms with E-state index in [1.807, 2.05) is 13.8 Å². The number of carbonyl (C=O) groups is 2. The van der Waals surface area contributed by atoms with E-state index in [0.29, 0.717) is 5.56 Å². The second-order valence-corrected chi connectivity index (χ2v) is 6.33. The molecule has 1 rings (SSSR count). The van der Waals surface area contributed by atoms with Crippen LogP contribution in [-0.2, 0) is 4.79 Å². The number of aliphatic carboxylic acids is 1. The summed E-state index contributed by atoms with van der Waals surface area (Å²) >= 11 is 4.69. The molecule has 1 amide bonds. The summed E-state index contributed by atoms with van der Waals surface area (Å²) in [4.78, 5) is 22.6. The number of hydrogen-bond acceptors (Lipinski definition) is 3. The van der Waals surface area contributed by atoms with E-state index in [9.17, 15) is 9.59 Å². The maximum atomic E-state index is 11.7. The van der Waals surface area contributed by atoms with E-state index >= 15 is 0 Å². The van der Waals surface area contributed by atoms with Crippen molar-refractivity contribution in [3.8, 4) is 0 Å². The van der Waals surface area contributed by atoms with Crippen molar-refractivity contribution in [1.29, 1.82) is 0 Å². The number of rotatable bonds is 5. The minimum absolute atomic E-state index is 0.0120. The Bertz CT molecular complexity index is 417. The largest absolute Gasteiger partial charge is 0.481 e. The van der Waals surface area contributed by atoms with Crippen molar-refractivity contribution >= 4 is 39.1 Å². The number of carboxylic acid groups (broad SMARTS) is 1. The predicted octanol–water partition coefficient (Wildman–Crippen LogP) is 2.60. The Morgan fingerprint density at radius 2 is 2.18 bits per heavy atom. The molecule has 1 atom stereocenters. The fourth-order valence-corrected chi connectivity index (χ4v) is 2.48. The van der Waals surface area contributed by atoms with Gasteiger partial charge in [0.25, 0.3) is 5.91 Å². The van der Waals surface area contributed by atoms with Crippen LogP contribution in [0.2, 0.25) is 0 Å². The first kappa shape index (κ1) is 14.2. The molecule has 0 saturated heterocycles. The third kappa shape index (κ3) is 4.12. The maximum Gasteiger partial charge on any atom is 0.308 e. The van der Waals surface area contributed by atoms with Crippen LogP contribution in [0.3, 0.4) is 0 Å². The molecule has 17 heavy (non-hydrogen) atoms. The van der Waals surface area contributed by atoms with Crippen LogP contribution >= 0.6 is 27.3 Å². The first-order valence-corrected chi connectivity index (χ1v) is 6.84. The first-order valence-electron chi connectivity index (χ1n) is 5.17. The molecular formula is C11H14BrNO3S. The van der Waals surface area contributed by atoms with Gasteiger partial charge in [-0.05, 0) is 27.9 Å². The molecule has 0 radical (unpaired) electrons. The monoisotopic (exact) mass is 319 g/mol. The first-order chi connectivity index (χ1) is 7.91. The van der Waals surface area contributed by atoms with Gasteiger partial charge >= 0.3 is 5.97 Å². The van der Waals surface area contributed by atoms with Crippen molar-refractivity contribution < 1.29 is 14.7 Å². The number of nitrogens with one attached hydrogen (secondary N) is 1. The maximum absolute atomic E-state index is 11.7. The third-order valence-electron chi connectivity index (χ3n) is 2.43. The van der Waals surface area contributed by atoms with Crippen LogP contribution in [0, 0.1) is 11.8 Å².